The van der Waals surface area contributed by atoms with Gasteiger partial charge in [-0.05, 0) is 13.8 Å². The van der Waals surface area contributed by atoms with Crippen LogP contribution in [0, 0.1) is 0 Å². The van der Waals surface area contributed by atoms with Crippen LogP contribution in [-0.2, 0) is 20.6 Å². The maximum absolute atomic E-state index is 10.0. The van der Waals surface area contributed by atoms with Crippen molar-refractivity contribution in [3.05, 3.63) is 0 Å². The summed E-state index contributed by atoms with van der Waals surface area (Å²) >= 11 is 0. The van der Waals surface area contributed by atoms with E-state index < -0.39 is 11.0 Å². The smallest absolute Gasteiger partial charge is 0.254 e. The monoisotopic (exact) mass is 182 g/mol. The Morgan fingerprint density at radius 1 is 1.18 bits per heavy atom. The van der Waals surface area contributed by atoms with Crippen molar-refractivity contribution >= 4 is 22.6 Å². The molecule has 0 saturated carbocycles. The van der Waals surface area contributed by atoms with Crippen molar-refractivity contribution < 1.29 is 22.6 Å². The predicted octanol–water partition coefficient (Wildman–Crippen LogP) is -0.375. The van der Waals surface area contributed by atoms with Crippen LogP contribution in [0.4, 0.5) is 0 Å². The van der Waals surface area contributed by atoms with Crippen molar-refractivity contribution in [3.8, 4) is 0 Å². The zero-order valence-corrected chi connectivity index (χ0v) is 7.13. The molecule has 0 bridgehead atoms. The van der Waals surface area contributed by atoms with Crippen molar-refractivity contribution in [2.45, 2.75) is 20.3 Å². The first kappa shape index (κ1) is 12.9. The number of thiol groups is 1. The van der Waals surface area contributed by atoms with E-state index in [4.69, 9.17) is 13.0 Å². The Morgan fingerprint density at radius 3 is 1.36 bits per heavy atom. The number of hydrogen-bond donors (Lipinski definition) is 2. The summed E-state index contributed by atoms with van der Waals surface area (Å²) in [6.45, 7) is 2.81. The summed E-state index contributed by atoms with van der Waals surface area (Å²) in [7, 11) is -3.12. The van der Waals surface area contributed by atoms with Crippen molar-refractivity contribution in [3.63, 3.8) is 0 Å². The standard InChI is InChI=1S/C5H8O2.H2O3S/c1-4(6)3-5(2)7;1-4(2)3/h3H2,1-2H3;4H,(H,1,2,3). The van der Waals surface area contributed by atoms with Gasteiger partial charge < -0.3 is 0 Å². The molecule has 0 amide bonds. The first-order valence-electron chi connectivity index (χ1n) is 2.68. The molecule has 0 radical (unpaired) electrons. The highest BCUT2D eigenvalue weighted by Crippen LogP contribution is 1.80. The zero-order valence-electron chi connectivity index (χ0n) is 6.23. The molecule has 0 atom stereocenters. The van der Waals surface area contributed by atoms with E-state index in [1.807, 2.05) is 0 Å². The first-order valence-corrected chi connectivity index (χ1v) is 3.81. The third kappa shape index (κ3) is 46.0. The van der Waals surface area contributed by atoms with Gasteiger partial charge in [-0.25, -0.2) is 8.42 Å². The van der Waals surface area contributed by atoms with Gasteiger partial charge in [0.05, 0.1) is 6.42 Å². The topological polar surface area (TPSA) is 88.5 Å². The maximum atomic E-state index is 10.0. The lowest BCUT2D eigenvalue weighted by atomic mass is 10.2. The lowest BCUT2D eigenvalue weighted by Gasteiger charge is -1.81. The molecule has 0 aromatic carbocycles. The maximum Gasteiger partial charge on any atom is 0.254 e. The van der Waals surface area contributed by atoms with E-state index in [0.29, 0.717) is 0 Å². The fraction of sp³-hybridized carbons (Fsp3) is 0.600. The van der Waals surface area contributed by atoms with Gasteiger partial charge in [-0.1, -0.05) is 0 Å². The Morgan fingerprint density at radius 2 is 1.36 bits per heavy atom. The number of carbonyl (C=O) groups is 2. The molecule has 1 N–H and O–H groups in total. The Labute approximate surface area is 66.2 Å². The molecule has 0 saturated heterocycles. The lowest BCUT2D eigenvalue weighted by Crippen LogP contribution is -1.97. The van der Waals surface area contributed by atoms with Gasteiger partial charge >= 0.3 is 0 Å². The highest BCUT2D eigenvalue weighted by Gasteiger charge is 1.94. The highest BCUT2D eigenvalue weighted by molar-refractivity contribution is 7.66. The normalized spacial score (nSPS) is 8.36. The minimum Gasteiger partial charge on any atom is -0.300 e. The van der Waals surface area contributed by atoms with Crippen LogP contribution in [0.5, 0.6) is 0 Å². The Balaban J connectivity index is 0. The molecule has 0 fully saturated rings. The van der Waals surface area contributed by atoms with E-state index in [-0.39, 0.29) is 18.0 Å². The lowest BCUT2D eigenvalue weighted by molar-refractivity contribution is -0.124. The molecule has 0 spiro atoms. The molecule has 0 aromatic heterocycles. The second-order valence-corrected chi connectivity index (χ2v) is 2.29. The van der Waals surface area contributed by atoms with Crippen LogP contribution < -0.4 is 0 Å². The molecular formula is C5H10O5S. The molecule has 0 heterocycles. The third-order valence-corrected chi connectivity index (χ3v) is 0.498. The molecule has 6 heteroatoms. The van der Waals surface area contributed by atoms with Crippen molar-refractivity contribution in [1.29, 1.82) is 0 Å². The molecule has 0 unspecified atom stereocenters. The summed E-state index contributed by atoms with van der Waals surface area (Å²) in [5, 5.41) is 0. The number of rotatable bonds is 2. The molecule has 0 aromatic rings. The van der Waals surface area contributed by atoms with Crippen LogP contribution in [0.2, 0.25) is 0 Å². The van der Waals surface area contributed by atoms with E-state index in [9.17, 15) is 9.59 Å². The summed E-state index contributed by atoms with van der Waals surface area (Å²) < 4.78 is 24.2. The summed E-state index contributed by atoms with van der Waals surface area (Å²) in [6, 6.07) is 0. The fourth-order valence-electron chi connectivity index (χ4n) is 0.351. The molecule has 0 aliphatic heterocycles. The number of carbonyl (C=O) groups excluding carboxylic acids is 2. The molecular weight excluding hydrogens is 172 g/mol. The van der Waals surface area contributed by atoms with E-state index in [1.54, 1.807) is 0 Å². The Bertz CT molecular complexity index is 185. The second-order valence-electron chi connectivity index (χ2n) is 1.82. The number of Topliss-reactive ketones (excluding diaryl/α,β-unsaturated/α-hetero) is 2. The van der Waals surface area contributed by atoms with Gasteiger partial charge in [0.1, 0.15) is 11.6 Å². The minimum atomic E-state index is -3.12. The highest BCUT2D eigenvalue weighted by atomic mass is 32.2. The largest absolute Gasteiger partial charge is 0.300 e. The predicted molar refractivity (Wildman–Crippen MR) is 38.9 cm³/mol. The molecule has 0 rings (SSSR count). The van der Waals surface area contributed by atoms with Crippen LogP contribution in [0.3, 0.4) is 0 Å². The minimum absolute atomic E-state index is 0.0625. The summed E-state index contributed by atoms with van der Waals surface area (Å²) in [4.78, 5) is 20.1. The number of ketones is 2. The quantitative estimate of drug-likeness (QED) is 0.345. The van der Waals surface area contributed by atoms with E-state index in [2.05, 4.69) is 0 Å². The van der Waals surface area contributed by atoms with Crippen molar-refractivity contribution in [2.24, 2.45) is 0 Å². The van der Waals surface area contributed by atoms with Crippen LogP contribution in [0.15, 0.2) is 0 Å². The van der Waals surface area contributed by atoms with E-state index >= 15 is 0 Å². The average molecular weight is 182 g/mol. The molecule has 5 nitrogen and oxygen atoms in total. The third-order valence-electron chi connectivity index (χ3n) is 0.498. The average Bonchev–Trinajstić information content (AvgIpc) is 1.56. The summed E-state index contributed by atoms with van der Waals surface area (Å²) in [5.74, 6) is -0.125. The SMILES string of the molecule is CC(=O)CC(C)=O.O=[SH](=O)O. The van der Waals surface area contributed by atoms with Gasteiger partial charge in [0.15, 0.2) is 0 Å². The summed E-state index contributed by atoms with van der Waals surface area (Å²) in [6.07, 6.45) is 0.0833. The molecule has 0 aliphatic rings. The zero-order chi connectivity index (χ0) is 9.44. The van der Waals surface area contributed by atoms with E-state index in [0.717, 1.165) is 0 Å². The van der Waals surface area contributed by atoms with Gasteiger partial charge in [0.25, 0.3) is 11.0 Å². The van der Waals surface area contributed by atoms with Gasteiger partial charge in [-0.3, -0.25) is 14.1 Å². The molecule has 66 valence electrons. The second kappa shape index (κ2) is 7.36. The number of hydrogen-bond acceptors (Lipinski definition) is 4. The van der Waals surface area contributed by atoms with Crippen LogP contribution >= 0.6 is 0 Å². The van der Waals surface area contributed by atoms with Gasteiger partial charge in [0, 0.05) is 0 Å². The molecule has 0 aliphatic carbocycles. The van der Waals surface area contributed by atoms with Gasteiger partial charge in [0.2, 0.25) is 0 Å². The molecule has 11 heavy (non-hydrogen) atoms. The first-order chi connectivity index (χ1) is 4.86. The Kier molecular flexibility index (Phi) is 8.62. The Hall–Kier alpha value is -0.750. The summed E-state index contributed by atoms with van der Waals surface area (Å²) in [5.41, 5.74) is 0. The fourth-order valence-corrected chi connectivity index (χ4v) is 0.351. The van der Waals surface area contributed by atoms with Crippen LogP contribution in [0.1, 0.15) is 20.3 Å². The van der Waals surface area contributed by atoms with Gasteiger partial charge in [-0.2, -0.15) is 0 Å². The van der Waals surface area contributed by atoms with Crippen LogP contribution in [-0.4, -0.2) is 24.5 Å². The van der Waals surface area contributed by atoms with Crippen LogP contribution in [0.25, 0.3) is 0 Å². The van der Waals surface area contributed by atoms with E-state index in [1.165, 1.54) is 13.8 Å². The van der Waals surface area contributed by atoms with Gasteiger partial charge in [-0.15, -0.1) is 0 Å². The van der Waals surface area contributed by atoms with Crippen molar-refractivity contribution in [1.82, 2.24) is 0 Å². The van der Waals surface area contributed by atoms with Crippen molar-refractivity contribution in [2.75, 3.05) is 0 Å².